The van der Waals surface area contributed by atoms with E-state index in [4.69, 9.17) is 5.26 Å². The fourth-order valence-corrected chi connectivity index (χ4v) is 3.11. The number of anilines is 1. The summed E-state index contributed by atoms with van der Waals surface area (Å²) in [5.74, 6) is -0.715. The number of nitrogens with one attached hydrogen (secondary N) is 1. The highest BCUT2D eigenvalue weighted by Gasteiger charge is 2.29. The van der Waals surface area contributed by atoms with Gasteiger partial charge in [-0.15, -0.1) is 0 Å². The first-order valence-corrected chi connectivity index (χ1v) is 7.60. The fraction of sp³-hybridized carbons (Fsp3) is 0.467. The van der Waals surface area contributed by atoms with Gasteiger partial charge < -0.3 is 10.4 Å². The van der Waals surface area contributed by atoms with Crippen molar-refractivity contribution in [2.75, 3.05) is 5.32 Å². The van der Waals surface area contributed by atoms with Crippen molar-refractivity contribution in [1.82, 2.24) is 0 Å². The van der Waals surface area contributed by atoms with E-state index in [0.717, 1.165) is 30.2 Å². The molecule has 1 aliphatic carbocycles. The molecular formula is C15H17BrN2O2. The molecule has 5 heteroatoms. The van der Waals surface area contributed by atoms with Crippen molar-refractivity contribution < 1.29 is 9.90 Å². The average Bonchev–Trinajstić information content (AvgIpc) is 2.45. The van der Waals surface area contributed by atoms with Crippen molar-refractivity contribution in [2.45, 2.75) is 38.1 Å². The molecular weight excluding hydrogens is 320 g/mol. The van der Waals surface area contributed by atoms with Crippen LogP contribution in [0.4, 0.5) is 5.69 Å². The molecule has 0 aromatic heterocycles. The van der Waals surface area contributed by atoms with Crippen LogP contribution < -0.4 is 5.32 Å². The largest absolute Gasteiger partial charge is 0.480 e. The van der Waals surface area contributed by atoms with E-state index < -0.39 is 12.0 Å². The first-order chi connectivity index (χ1) is 9.61. The van der Waals surface area contributed by atoms with Crippen LogP contribution in [-0.2, 0) is 4.79 Å². The molecule has 1 aromatic rings. The maximum absolute atomic E-state index is 11.5. The molecule has 0 heterocycles. The summed E-state index contributed by atoms with van der Waals surface area (Å²) in [6.45, 7) is 0. The maximum Gasteiger partial charge on any atom is 0.326 e. The molecule has 2 rings (SSSR count). The van der Waals surface area contributed by atoms with E-state index in [0.29, 0.717) is 11.3 Å². The molecule has 0 aliphatic heterocycles. The van der Waals surface area contributed by atoms with Crippen LogP contribution in [0.5, 0.6) is 0 Å². The number of halogens is 1. The highest BCUT2D eigenvalue weighted by Crippen LogP contribution is 2.30. The molecule has 1 saturated carbocycles. The van der Waals surface area contributed by atoms with Gasteiger partial charge in [0.2, 0.25) is 0 Å². The number of hydrogen-bond donors (Lipinski definition) is 2. The van der Waals surface area contributed by atoms with Crippen molar-refractivity contribution in [3.8, 4) is 6.07 Å². The minimum atomic E-state index is -0.847. The molecule has 0 radical (unpaired) electrons. The van der Waals surface area contributed by atoms with Gasteiger partial charge in [-0.25, -0.2) is 4.79 Å². The highest BCUT2D eigenvalue weighted by molar-refractivity contribution is 9.10. The molecule has 1 unspecified atom stereocenters. The molecule has 1 fully saturated rings. The van der Waals surface area contributed by atoms with E-state index >= 15 is 0 Å². The first-order valence-electron chi connectivity index (χ1n) is 6.81. The summed E-state index contributed by atoms with van der Waals surface area (Å²) in [5.41, 5.74) is 1.05. The molecule has 1 atom stereocenters. The van der Waals surface area contributed by atoms with Crippen LogP contribution in [0.15, 0.2) is 22.7 Å². The average molecular weight is 337 g/mol. The van der Waals surface area contributed by atoms with Gasteiger partial charge >= 0.3 is 5.97 Å². The summed E-state index contributed by atoms with van der Waals surface area (Å²) in [6.07, 6.45) is 5.21. The number of aliphatic carboxylic acids is 1. The standard InChI is InChI=1S/C15H17BrN2O2/c16-12-7-6-11(9-17)13(8-12)18-14(15(19)20)10-4-2-1-3-5-10/h6-8,10,14,18H,1-5H2,(H,19,20). The predicted octanol–water partition coefficient (Wildman–Crippen LogP) is 3.77. The molecule has 20 heavy (non-hydrogen) atoms. The van der Waals surface area contributed by atoms with E-state index in [1.807, 2.05) is 0 Å². The Balaban J connectivity index is 2.22. The van der Waals surface area contributed by atoms with E-state index in [-0.39, 0.29) is 5.92 Å². The van der Waals surface area contributed by atoms with Gasteiger partial charge in [0.05, 0.1) is 11.3 Å². The topological polar surface area (TPSA) is 73.1 Å². The molecule has 2 N–H and O–H groups in total. The van der Waals surface area contributed by atoms with Crippen molar-refractivity contribution in [3.63, 3.8) is 0 Å². The minimum Gasteiger partial charge on any atom is -0.480 e. The molecule has 1 aliphatic rings. The third kappa shape index (κ3) is 3.51. The van der Waals surface area contributed by atoms with Gasteiger partial charge in [0.25, 0.3) is 0 Å². The Morgan fingerprint density at radius 2 is 2.10 bits per heavy atom. The van der Waals surface area contributed by atoms with Crippen LogP contribution in [-0.4, -0.2) is 17.1 Å². The van der Waals surface area contributed by atoms with Gasteiger partial charge in [0.15, 0.2) is 0 Å². The Bertz CT molecular complexity index is 533. The second-order valence-electron chi connectivity index (χ2n) is 5.16. The van der Waals surface area contributed by atoms with E-state index in [2.05, 4.69) is 27.3 Å². The van der Waals surface area contributed by atoms with E-state index in [1.54, 1.807) is 18.2 Å². The smallest absolute Gasteiger partial charge is 0.326 e. The summed E-state index contributed by atoms with van der Waals surface area (Å²) in [5, 5.41) is 21.6. The number of carboxylic acid groups (broad SMARTS) is 1. The van der Waals surface area contributed by atoms with Gasteiger partial charge in [-0.05, 0) is 37.0 Å². The minimum absolute atomic E-state index is 0.131. The molecule has 106 valence electrons. The summed E-state index contributed by atoms with van der Waals surface area (Å²) >= 11 is 3.35. The lowest BCUT2D eigenvalue weighted by molar-refractivity contribution is -0.139. The Morgan fingerprint density at radius 3 is 2.70 bits per heavy atom. The third-order valence-electron chi connectivity index (χ3n) is 3.80. The molecule has 4 nitrogen and oxygen atoms in total. The summed E-state index contributed by atoms with van der Waals surface area (Å²) in [4.78, 5) is 11.5. The number of rotatable bonds is 4. The summed E-state index contributed by atoms with van der Waals surface area (Å²) < 4.78 is 0.826. The Kier molecular flexibility index (Phi) is 5.02. The molecule has 0 spiro atoms. The third-order valence-corrected chi connectivity index (χ3v) is 4.29. The molecule has 0 bridgehead atoms. The van der Waals surface area contributed by atoms with Gasteiger partial charge in [0, 0.05) is 4.47 Å². The SMILES string of the molecule is N#Cc1ccc(Br)cc1NC(C(=O)O)C1CCCCC1. The monoisotopic (exact) mass is 336 g/mol. The summed E-state index contributed by atoms with van der Waals surface area (Å²) in [7, 11) is 0. The molecule has 0 amide bonds. The zero-order chi connectivity index (χ0) is 14.5. The van der Waals surface area contributed by atoms with Crippen molar-refractivity contribution in [1.29, 1.82) is 5.26 Å². The van der Waals surface area contributed by atoms with Crippen LogP contribution in [0.3, 0.4) is 0 Å². The van der Waals surface area contributed by atoms with Crippen molar-refractivity contribution in [2.24, 2.45) is 5.92 Å². The van der Waals surface area contributed by atoms with Crippen LogP contribution in [0, 0.1) is 17.2 Å². The second-order valence-corrected chi connectivity index (χ2v) is 6.08. The van der Waals surface area contributed by atoms with Crippen molar-refractivity contribution >= 4 is 27.6 Å². The Morgan fingerprint density at radius 1 is 1.40 bits per heavy atom. The van der Waals surface area contributed by atoms with Gasteiger partial charge in [-0.1, -0.05) is 35.2 Å². The molecule has 1 aromatic carbocycles. The van der Waals surface area contributed by atoms with E-state index in [1.165, 1.54) is 6.42 Å². The van der Waals surface area contributed by atoms with Crippen LogP contribution in [0.2, 0.25) is 0 Å². The van der Waals surface area contributed by atoms with Crippen LogP contribution in [0.25, 0.3) is 0 Å². The van der Waals surface area contributed by atoms with Crippen LogP contribution in [0.1, 0.15) is 37.7 Å². The highest BCUT2D eigenvalue weighted by atomic mass is 79.9. The number of carbonyl (C=O) groups is 1. The van der Waals surface area contributed by atoms with Crippen molar-refractivity contribution in [3.05, 3.63) is 28.2 Å². The zero-order valence-corrected chi connectivity index (χ0v) is 12.7. The normalized spacial score (nSPS) is 17.2. The number of carboxylic acids is 1. The zero-order valence-electron chi connectivity index (χ0n) is 11.1. The second kappa shape index (κ2) is 6.76. The number of nitriles is 1. The maximum atomic E-state index is 11.5. The number of hydrogen-bond acceptors (Lipinski definition) is 3. The van der Waals surface area contributed by atoms with Crippen LogP contribution >= 0.6 is 15.9 Å². The van der Waals surface area contributed by atoms with E-state index in [9.17, 15) is 9.90 Å². The first kappa shape index (κ1) is 14.9. The Labute approximate surface area is 126 Å². The Hall–Kier alpha value is -1.54. The van der Waals surface area contributed by atoms with Gasteiger partial charge in [-0.3, -0.25) is 0 Å². The lowest BCUT2D eigenvalue weighted by Crippen LogP contribution is -2.38. The summed E-state index contributed by atoms with van der Waals surface area (Å²) in [6, 6.07) is 6.69. The lowest BCUT2D eigenvalue weighted by Gasteiger charge is -2.29. The van der Waals surface area contributed by atoms with Gasteiger partial charge in [-0.2, -0.15) is 5.26 Å². The quantitative estimate of drug-likeness (QED) is 0.877. The number of nitrogens with zero attached hydrogens (tertiary/aromatic N) is 1. The lowest BCUT2D eigenvalue weighted by atomic mass is 9.83. The number of benzene rings is 1. The fourth-order valence-electron chi connectivity index (χ4n) is 2.75. The molecule has 0 saturated heterocycles. The predicted molar refractivity (Wildman–Crippen MR) is 80.5 cm³/mol. The van der Waals surface area contributed by atoms with Gasteiger partial charge in [0.1, 0.15) is 12.1 Å².